The Bertz CT molecular complexity index is 906. The molecule has 2 aliphatic rings. The van der Waals surface area contributed by atoms with Crippen LogP contribution in [0.25, 0.3) is 0 Å². The van der Waals surface area contributed by atoms with Gasteiger partial charge in [0.15, 0.2) is 0 Å². The summed E-state index contributed by atoms with van der Waals surface area (Å²) >= 11 is 0. The fraction of sp³-hybridized carbons (Fsp3) is 0.458. The van der Waals surface area contributed by atoms with Gasteiger partial charge in [0.1, 0.15) is 11.9 Å². The van der Waals surface area contributed by atoms with Gasteiger partial charge in [-0.15, -0.1) is 0 Å². The van der Waals surface area contributed by atoms with Gasteiger partial charge in [0.2, 0.25) is 5.91 Å². The Morgan fingerprint density at radius 3 is 2.50 bits per heavy atom. The number of hydrogen-bond acceptors (Lipinski definition) is 5. The average Bonchev–Trinajstić information content (AvgIpc) is 3.34. The fourth-order valence-electron chi connectivity index (χ4n) is 4.55. The number of nitrogens with zero attached hydrogens (tertiary/aromatic N) is 5. The number of pyridine rings is 1. The molecule has 6 nitrogen and oxygen atoms in total. The summed E-state index contributed by atoms with van der Waals surface area (Å²) in [6.45, 7) is 4.50. The monoisotopic (exact) mass is 403 g/mol. The predicted molar refractivity (Wildman–Crippen MR) is 118 cm³/mol. The van der Waals surface area contributed by atoms with Crippen LogP contribution >= 0.6 is 0 Å². The number of para-hydroxylation sites is 1. The first-order chi connectivity index (χ1) is 14.7. The first kappa shape index (κ1) is 20.2. The molecule has 2 aromatic rings. The molecule has 0 atom stereocenters. The van der Waals surface area contributed by atoms with Crippen LogP contribution in [-0.2, 0) is 11.3 Å². The first-order valence-corrected chi connectivity index (χ1v) is 10.8. The van der Waals surface area contributed by atoms with Gasteiger partial charge in [-0.2, -0.15) is 5.26 Å². The van der Waals surface area contributed by atoms with Crippen molar-refractivity contribution in [1.82, 2.24) is 9.88 Å². The summed E-state index contributed by atoms with van der Waals surface area (Å²) in [6, 6.07) is 14.3. The van der Waals surface area contributed by atoms with E-state index in [1.54, 1.807) is 12.3 Å². The third-order valence-electron chi connectivity index (χ3n) is 6.27. The number of nitriles is 1. The van der Waals surface area contributed by atoms with Gasteiger partial charge in [0.25, 0.3) is 0 Å². The topological polar surface area (TPSA) is 63.5 Å². The predicted octanol–water partition coefficient (Wildman–Crippen LogP) is 3.43. The molecule has 0 N–H and O–H groups in total. The molecule has 1 aromatic carbocycles. The molecular formula is C24H29N5O. The molecule has 2 aliphatic heterocycles. The zero-order valence-electron chi connectivity index (χ0n) is 17.6. The lowest BCUT2D eigenvalue weighted by atomic mass is 9.95. The van der Waals surface area contributed by atoms with Crippen molar-refractivity contribution >= 4 is 17.4 Å². The Hall–Kier alpha value is -3.07. The van der Waals surface area contributed by atoms with Crippen LogP contribution in [0.3, 0.4) is 0 Å². The van der Waals surface area contributed by atoms with Crippen LogP contribution in [0.4, 0.5) is 11.5 Å². The lowest BCUT2D eigenvalue weighted by molar-refractivity contribution is -0.135. The van der Waals surface area contributed by atoms with E-state index in [1.165, 1.54) is 24.1 Å². The Morgan fingerprint density at radius 1 is 1.10 bits per heavy atom. The number of aromatic nitrogens is 1. The molecule has 0 spiro atoms. The zero-order chi connectivity index (χ0) is 20.9. The summed E-state index contributed by atoms with van der Waals surface area (Å²) in [6.07, 6.45) is 5.76. The molecule has 1 amide bonds. The number of piperidine rings is 1. The molecule has 0 aliphatic carbocycles. The number of carbonyl (C=O) groups is 1. The zero-order valence-corrected chi connectivity index (χ0v) is 17.6. The van der Waals surface area contributed by atoms with Crippen LogP contribution in [0, 0.1) is 17.2 Å². The maximum Gasteiger partial charge on any atom is 0.225 e. The van der Waals surface area contributed by atoms with E-state index in [0.717, 1.165) is 44.8 Å². The summed E-state index contributed by atoms with van der Waals surface area (Å²) in [5.74, 6) is 1.18. The Kier molecular flexibility index (Phi) is 6.18. The highest BCUT2D eigenvalue weighted by molar-refractivity contribution is 5.79. The van der Waals surface area contributed by atoms with Gasteiger partial charge in [-0.3, -0.25) is 4.79 Å². The number of amides is 1. The van der Waals surface area contributed by atoms with Crippen molar-refractivity contribution < 1.29 is 4.79 Å². The van der Waals surface area contributed by atoms with Crippen LogP contribution < -0.4 is 9.80 Å². The molecule has 0 saturated carbocycles. The number of anilines is 2. The third-order valence-corrected chi connectivity index (χ3v) is 6.27. The molecule has 1 aromatic heterocycles. The standard InChI is InChI=1S/C24H29N5O/c1-27(18-21-6-2-3-7-22(21)28-12-4-5-13-28)24(30)20-10-14-29(15-11-20)23-9-8-19(16-25)17-26-23/h2-3,6-9,17,20H,4-5,10-15,18H2,1H3. The number of benzene rings is 1. The molecule has 30 heavy (non-hydrogen) atoms. The summed E-state index contributed by atoms with van der Waals surface area (Å²) in [7, 11) is 1.93. The highest BCUT2D eigenvalue weighted by Crippen LogP contribution is 2.27. The Balaban J connectivity index is 1.35. The van der Waals surface area contributed by atoms with Gasteiger partial charge < -0.3 is 14.7 Å². The smallest absolute Gasteiger partial charge is 0.225 e. The Labute approximate surface area is 178 Å². The Morgan fingerprint density at radius 2 is 1.83 bits per heavy atom. The van der Waals surface area contributed by atoms with Crippen molar-refractivity contribution in [3.63, 3.8) is 0 Å². The van der Waals surface area contributed by atoms with Crippen molar-refractivity contribution in [1.29, 1.82) is 5.26 Å². The van der Waals surface area contributed by atoms with Gasteiger partial charge in [0.05, 0.1) is 5.56 Å². The number of carbonyl (C=O) groups excluding carboxylic acids is 1. The highest BCUT2D eigenvalue weighted by atomic mass is 16.2. The van der Waals surface area contributed by atoms with E-state index in [2.05, 4.69) is 45.1 Å². The maximum absolute atomic E-state index is 13.1. The average molecular weight is 404 g/mol. The van der Waals surface area contributed by atoms with Crippen LogP contribution in [0.15, 0.2) is 42.6 Å². The maximum atomic E-state index is 13.1. The molecule has 0 unspecified atom stereocenters. The minimum atomic E-state index is 0.0589. The summed E-state index contributed by atoms with van der Waals surface area (Å²) in [4.78, 5) is 24.0. The second kappa shape index (κ2) is 9.17. The summed E-state index contributed by atoms with van der Waals surface area (Å²) in [5.41, 5.74) is 3.07. The molecule has 2 fully saturated rings. The molecule has 4 rings (SSSR count). The quantitative estimate of drug-likeness (QED) is 0.765. The van der Waals surface area contributed by atoms with Crippen LogP contribution in [-0.4, -0.2) is 49.0 Å². The second-order valence-electron chi connectivity index (χ2n) is 8.30. The van der Waals surface area contributed by atoms with Crippen molar-refractivity contribution in [2.75, 3.05) is 43.0 Å². The van der Waals surface area contributed by atoms with Crippen LogP contribution in [0.2, 0.25) is 0 Å². The van der Waals surface area contributed by atoms with E-state index in [9.17, 15) is 4.79 Å². The highest BCUT2D eigenvalue weighted by Gasteiger charge is 2.28. The van der Waals surface area contributed by atoms with Gasteiger partial charge in [-0.25, -0.2) is 4.98 Å². The molecule has 0 bridgehead atoms. The molecule has 3 heterocycles. The molecule has 0 radical (unpaired) electrons. The minimum absolute atomic E-state index is 0.0589. The van der Waals surface area contributed by atoms with Crippen molar-refractivity contribution in [2.24, 2.45) is 5.92 Å². The van der Waals surface area contributed by atoms with E-state index >= 15 is 0 Å². The summed E-state index contributed by atoms with van der Waals surface area (Å²) in [5, 5.41) is 8.92. The van der Waals surface area contributed by atoms with E-state index in [0.29, 0.717) is 12.1 Å². The van der Waals surface area contributed by atoms with Gasteiger partial charge in [-0.05, 0) is 49.4 Å². The normalized spacial score (nSPS) is 17.1. The SMILES string of the molecule is CN(Cc1ccccc1N1CCCC1)C(=O)C1CCN(c2ccc(C#N)cn2)CC1. The van der Waals surface area contributed by atoms with E-state index < -0.39 is 0 Å². The van der Waals surface area contributed by atoms with Crippen LogP contribution in [0.5, 0.6) is 0 Å². The van der Waals surface area contributed by atoms with Gasteiger partial charge in [-0.1, -0.05) is 18.2 Å². The van der Waals surface area contributed by atoms with Crippen molar-refractivity contribution in [3.8, 4) is 6.07 Å². The largest absolute Gasteiger partial charge is 0.371 e. The van der Waals surface area contributed by atoms with Crippen LogP contribution in [0.1, 0.15) is 36.8 Å². The van der Waals surface area contributed by atoms with Gasteiger partial charge in [0, 0.05) is 57.6 Å². The minimum Gasteiger partial charge on any atom is -0.371 e. The second-order valence-corrected chi connectivity index (χ2v) is 8.30. The van der Waals surface area contributed by atoms with E-state index in [4.69, 9.17) is 5.26 Å². The van der Waals surface area contributed by atoms with Crippen molar-refractivity contribution in [3.05, 3.63) is 53.7 Å². The molecular weight excluding hydrogens is 374 g/mol. The van der Waals surface area contributed by atoms with Crippen molar-refractivity contribution in [2.45, 2.75) is 32.2 Å². The molecule has 156 valence electrons. The van der Waals surface area contributed by atoms with E-state index in [1.807, 2.05) is 18.0 Å². The first-order valence-electron chi connectivity index (χ1n) is 10.8. The fourth-order valence-corrected chi connectivity index (χ4v) is 4.55. The lowest BCUT2D eigenvalue weighted by Crippen LogP contribution is -2.41. The lowest BCUT2D eigenvalue weighted by Gasteiger charge is -2.34. The number of hydrogen-bond donors (Lipinski definition) is 0. The molecule has 2 saturated heterocycles. The third kappa shape index (κ3) is 4.40. The van der Waals surface area contributed by atoms with Gasteiger partial charge >= 0.3 is 0 Å². The molecule has 6 heteroatoms. The number of rotatable bonds is 5. The van der Waals surface area contributed by atoms with E-state index in [-0.39, 0.29) is 11.8 Å². The summed E-state index contributed by atoms with van der Waals surface area (Å²) < 4.78 is 0.